The number of nitrogens with two attached hydrogens (primary N) is 1. The molecule has 3 N–H and O–H groups in total. The minimum Gasteiger partial charge on any atom is -0.478 e. The molecule has 0 heterocycles. The smallest absolute Gasteiger partial charge is 0.329 e. The van der Waals surface area contributed by atoms with Gasteiger partial charge in [0.1, 0.15) is 0 Å². The molecule has 0 aromatic heterocycles. The number of primary amides is 1. The second-order valence-corrected chi connectivity index (χ2v) is 3.24. The van der Waals surface area contributed by atoms with Gasteiger partial charge in [-0.2, -0.15) is 0 Å². The number of hydrogen-bond donors (Lipinski definition) is 2. The quantitative estimate of drug-likeness (QED) is 0.659. The summed E-state index contributed by atoms with van der Waals surface area (Å²) in [7, 11) is 0. The Morgan fingerprint density at radius 3 is 2.57 bits per heavy atom. The summed E-state index contributed by atoms with van der Waals surface area (Å²) in [5.74, 6) is -1.80. The van der Waals surface area contributed by atoms with Crippen molar-refractivity contribution < 1.29 is 14.7 Å². The molecule has 0 aromatic rings. The highest BCUT2D eigenvalue weighted by molar-refractivity contribution is 6.01. The lowest BCUT2D eigenvalue weighted by Gasteiger charge is -2.13. The highest BCUT2D eigenvalue weighted by Gasteiger charge is 2.14. The Hall–Kier alpha value is -1.58. The Balaban J connectivity index is 2.93. The van der Waals surface area contributed by atoms with Crippen LogP contribution in [0.25, 0.3) is 0 Å². The largest absolute Gasteiger partial charge is 0.478 e. The van der Waals surface area contributed by atoms with Crippen molar-refractivity contribution in [2.24, 2.45) is 5.73 Å². The van der Waals surface area contributed by atoms with E-state index in [0.29, 0.717) is 0 Å². The Kier molecular flexibility index (Phi) is 3.45. The molecule has 4 heteroatoms. The van der Waals surface area contributed by atoms with Crippen LogP contribution >= 0.6 is 0 Å². The fraction of sp³-hybridized carbons (Fsp3) is 0.400. The molecule has 0 saturated carbocycles. The summed E-state index contributed by atoms with van der Waals surface area (Å²) in [6.45, 7) is 0. The SMILES string of the molecule is NC(=O)/C(=C\C(=O)O)C1=CCCCC1. The van der Waals surface area contributed by atoms with Gasteiger partial charge in [-0.1, -0.05) is 6.08 Å². The van der Waals surface area contributed by atoms with Crippen molar-refractivity contribution in [3.8, 4) is 0 Å². The molecule has 0 unspecified atom stereocenters. The van der Waals surface area contributed by atoms with Crippen LogP contribution in [0, 0.1) is 0 Å². The predicted molar refractivity (Wildman–Crippen MR) is 51.5 cm³/mol. The summed E-state index contributed by atoms with van der Waals surface area (Å²) in [4.78, 5) is 21.4. The summed E-state index contributed by atoms with van der Waals surface area (Å²) in [5.41, 5.74) is 6.01. The highest BCUT2D eigenvalue weighted by atomic mass is 16.4. The Morgan fingerprint density at radius 2 is 2.14 bits per heavy atom. The van der Waals surface area contributed by atoms with E-state index in [-0.39, 0.29) is 5.57 Å². The van der Waals surface area contributed by atoms with E-state index in [9.17, 15) is 9.59 Å². The van der Waals surface area contributed by atoms with E-state index in [4.69, 9.17) is 10.8 Å². The van der Waals surface area contributed by atoms with E-state index < -0.39 is 11.9 Å². The van der Waals surface area contributed by atoms with Crippen molar-refractivity contribution in [2.75, 3.05) is 0 Å². The van der Waals surface area contributed by atoms with Crippen LogP contribution in [0.1, 0.15) is 25.7 Å². The van der Waals surface area contributed by atoms with Gasteiger partial charge in [-0.05, 0) is 31.3 Å². The molecule has 1 aliphatic rings. The molecule has 0 aliphatic heterocycles. The van der Waals surface area contributed by atoms with Crippen molar-refractivity contribution in [3.63, 3.8) is 0 Å². The zero-order valence-corrected chi connectivity index (χ0v) is 7.82. The maximum Gasteiger partial charge on any atom is 0.329 e. The lowest BCUT2D eigenvalue weighted by Crippen LogP contribution is -2.17. The van der Waals surface area contributed by atoms with Gasteiger partial charge < -0.3 is 10.8 Å². The fourth-order valence-electron chi connectivity index (χ4n) is 1.53. The molecule has 4 nitrogen and oxygen atoms in total. The third-order valence-corrected chi connectivity index (χ3v) is 2.17. The van der Waals surface area contributed by atoms with E-state index in [1.165, 1.54) is 0 Å². The molecule has 0 atom stereocenters. The maximum absolute atomic E-state index is 11.0. The minimum absolute atomic E-state index is 0.136. The van der Waals surface area contributed by atoms with Gasteiger partial charge in [0.15, 0.2) is 0 Å². The third-order valence-electron chi connectivity index (χ3n) is 2.17. The molecule has 0 radical (unpaired) electrons. The number of carbonyl (C=O) groups is 2. The first-order valence-electron chi connectivity index (χ1n) is 4.55. The van der Waals surface area contributed by atoms with Crippen LogP contribution in [-0.2, 0) is 9.59 Å². The van der Waals surface area contributed by atoms with Crippen molar-refractivity contribution in [3.05, 3.63) is 23.3 Å². The molecule has 0 fully saturated rings. The Bertz CT molecular complexity index is 315. The zero-order chi connectivity index (χ0) is 10.6. The number of rotatable bonds is 3. The molecule has 14 heavy (non-hydrogen) atoms. The molecular weight excluding hydrogens is 182 g/mol. The monoisotopic (exact) mass is 195 g/mol. The molecule has 1 amide bonds. The number of allylic oxidation sites excluding steroid dienone is 1. The molecular formula is C10H13NO3. The lowest BCUT2D eigenvalue weighted by atomic mass is 9.93. The summed E-state index contributed by atoms with van der Waals surface area (Å²) in [6, 6.07) is 0. The number of carbonyl (C=O) groups excluding carboxylic acids is 1. The van der Waals surface area contributed by atoms with Gasteiger partial charge in [0, 0.05) is 11.6 Å². The topological polar surface area (TPSA) is 80.4 Å². The maximum atomic E-state index is 11.0. The van der Waals surface area contributed by atoms with Crippen LogP contribution in [0.15, 0.2) is 23.3 Å². The van der Waals surface area contributed by atoms with E-state index in [1.807, 2.05) is 6.08 Å². The number of hydrogen-bond acceptors (Lipinski definition) is 2. The normalized spacial score (nSPS) is 17.4. The van der Waals surface area contributed by atoms with Gasteiger partial charge in [0.25, 0.3) is 0 Å². The molecule has 0 spiro atoms. The third kappa shape index (κ3) is 2.73. The standard InChI is InChI=1S/C10H13NO3/c11-10(14)8(6-9(12)13)7-4-2-1-3-5-7/h4,6H,1-3,5H2,(H2,11,14)(H,12,13)/b8-6-. The van der Waals surface area contributed by atoms with Gasteiger partial charge in [0.05, 0.1) is 0 Å². The predicted octanol–water partition coefficient (Wildman–Crippen LogP) is 0.983. The number of carboxylic acids is 1. The van der Waals surface area contributed by atoms with E-state index >= 15 is 0 Å². The number of carboxylic acid groups (broad SMARTS) is 1. The minimum atomic E-state index is -1.13. The first-order valence-corrected chi connectivity index (χ1v) is 4.55. The van der Waals surface area contributed by atoms with Crippen molar-refractivity contribution in [2.45, 2.75) is 25.7 Å². The lowest BCUT2D eigenvalue weighted by molar-refractivity contribution is -0.131. The van der Waals surface area contributed by atoms with E-state index in [1.54, 1.807) is 0 Å². The summed E-state index contributed by atoms with van der Waals surface area (Å²) < 4.78 is 0. The molecule has 1 rings (SSSR count). The molecule has 0 aromatic carbocycles. The average Bonchev–Trinajstić information content (AvgIpc) is 2.15. The zero-order valence-electron chi connectivity index (χ0n) is 7.82. The van der Waals surface area contributed by atoms with E-state index in [0.717, 1.165) is 37.3 Å². The van der Waals surface area contributed by atoms with Crippen LogP contribution in [0.2, 0.25) is 0 Å². The van der Waals surface area contributed by atoms with Crippen LogP contribution in [0.4, 0.5) is 0 Å². The van der Waals surface area contributed by atoms with Gasteiger partial charge in [-0.15, -0.1) is 0 Å². The van der Waals surface area contributed by atoms with Crippen LogP contribution < -0.4 is 5.73 Å². The fourth-order valence-corrected chi connectivity index (χ4v) is 1.53. The second kappa shape index (κ2) is 4.60. The molecule has 0 saturated heterocycles. The highest BCUT2D eigenvalue weighted by Crippen LogP contribution is 2.23. The Morgan fingerprint density at radius 1 is 1.43 bits per heavy atom. The number of amides is 1. The van der Waals surface area contributed by atoms with Crippen LogP contribution in [0.5, 0.6) is 0 Å². The van der Waals surface area contributed by atoms with Gasteiger partial charge in [-0.25, -0.2) is 4.79 Å². The average molecular weight is 195 g/mol. The van der Waals surface area contributed by atoms with Gasteiger partial charge in [-0.3, -0.25) is 4.79 Å². The van der Waals surface area contributed by atoms with Gasteiger partial charge >= 0.3 is 5.97 Å². The van der Waals surface area contributed by atoms with Crippen molar-refractivity contribution in [1.29, 1.82) is 0 Å². The summed E-state index contributed by atoms with van der Waals surface area (Å²) >= 11 is 0. The summed E-state index contributed by atoms with van der Waals surface area (Å²) in [5, 5.41) is 8.55. The number of aliphatic carboxylic acids is 1. The molecule has 76 valence electrons. The van der Waals surface area contributed by atoms with Crippen molar-refractivity contribution in [1.82, 2.24) is 0 Å². The van der Waals surface area contributed by atoms with Crippen LogP contribution in [0.3, 0.4) is 0 Å². The van der Waals surface area contributed by atoms with Crippen LogP contribution in [-0.4, -0.2) is 17.0 Å². The first kappa shape index (κ1) is 10.5. The van der Waals surface area contributed by atoms with Gasteiger partial charge in [0.2, 0.25) is 5.91 Å². The first-order chi connectivity index (χ1) is 6.61. The van der Waals surface area contributed by atoms with Crippen molar-refractivity contribution >= 4 is 11.9 Å². The second-order valence-electron chi connectivity index (χ2n) is 3.24. The Labute approximate surface area is 82.1 Å². The molecule has 0 bridgehead atoms. The molecule has 1 aliphatic carbocycles. The van der Waals surface area contributed by atoms with E-state index in [2.05, 4.69) is 0 Å². The summed E-state index contributed by atoms with van der Waals surface area (Å²) in [6.07, 6.45) is 6.48.